The van der Waals surface area contributed by atoms with E-state index in [-0.39, 0.29) is 5.92 Å². The molecule has 1 radical (unpaired) electrons. The van der Waals surface area contributed by atoms with Crippen LogP contribution in [0.25, 0.3) is 0 Å². The molecule has 1 aromatic carbocycles. The van der Waals surface area contributed by atoms with Gasteiger partial charge in [-0.05, 0) is 79.4 Å². The average molecular weight is 337 g/mol. The van der Waals surface area contributed by atoms with Gasteiger partial charge in [0.25, 0.3) is 0 Å². The van der Waals surface area contributed by atoms with E-state index >= 15 is 0 Å². The van der Waals surface area contributed by atoms with Crippen molar-refractivity contribution < 1.29 is 13.2 Å². The molecule has 3 unspecified atom stereocenters. The maximum atomic E-state index is 13.6. The van der Waals surface area contributed by atoms with Gasteiger partial charge in [-0.3, -0.25) is 0 Å². The Labute approximate surface area is 143 Å². The summed E-state index contributed by atoms with van der Waals surface area (Å²) in [5.74, 6) is 0.428. The Bertz CT molecular complexity index is 537. The van der Waals surface area contributed by atoms with Crippen LogP contribution in [-0.4, -0.2) is 0 Å². The second-order valence-corrected chi connectivity index (χ2v) is 7.92. The zero-order valence-corrected chi connectivity index (χ0v) is 14.8. The van der Waals surface area contributed by atoms with Crippen molar-refractivity contribution in [3.05, 3.63) is 41.1 Å². The Morgan fingerprint density at radius 3 is 2.17 bits per heavy atom. The van der Waals surface area contributed by atoms with Crippen molar-refractivity contribution >= 4 is 0 Å². The zero-order valence-electron chi connectivity index (χ0n) is 14.8. The minimum absolute atomic E-state index is 0.147. The van der Waals surface area contributed by atoms with E-state index < -0.39 is 17.5 Å². The van der Waals surface area contributed by atoms with Gasteiger partial charge in [-0.2, -0.15) is 0 Å². The third-order valence-corrected chi connectivity index (χ3v) is 6.44. The van der Waals surface area contributed by atoms with Crippen molar-refractivity contribution in [3.8, 4) is 0 Å². The summed E-state index contributed by atoms with van der Waals surface area (Å²) in [4.78, 5) is 0. The summed E-state index contributed by atoms with van der Waals surface area (Å²) in [6.45, 7) is 4.57. The number of benzene rings is 1. The van der Waals surface area contributed by atoms with E-state index in [2.05, 4.69) is 13.8 Å². The van der Waals surface area contributed by atoms with E-state index in [1.807, 2.05) is 0 Å². The molecule has 0 aliphatic heterocycles. The summed E-state index contributed by atoms with van der Waals surface area (Å²) in [6.07, 6.45) is 9.14. The average Bonchev–Trinajstić information content (AvgIpc) is 2.59. The normalized spacial score (nSPS) is 29.8. The van der Waals surface area contributed by atoms with Crippen molar-refractivity contribution in [2.75, 3.05) is 0 Å². The minimum atomic E-state index is -1.35. The van der Waals surface area contributed by atoms with Gasteiger partial charge in [0.05, 0.1) is 0 Å². The van der Waals surface area contributed by atoms with Crippen LogP contribution in [0.3, 0.4) is 0 Å². The second-order valence-electron chi connectivity index (χ2n) is 7.92. The van der Waals surface area contributed by atoms with Crippen LogP contribution in [0.15, 0.2) is 12.1 Å². The van der Waals surface area contributed by atoms with Gasteiger partial charge in [0.15, 0.2) is 17.5 Å². The minimum Gasteiger partial charge on any atom is -0.204 e. The highest BCUT2D eigenvalue weighted by Gasteiger charge is 2.37. The summed E-state index contributed by atoms with van der Waals surface area (Å²) in [7, 11) is 0. The van der Waals surface area contributed by atoms with Gasteiger partial charge >= 0.3 is 0 Å². The molecule has 0 nitrogen and oxygen atoms in total. The van der Waals surface area contributed by atoms with Crippen LogP contribution in [0.2, 0.25) is 0 Å². The largest absolute Gasteiger partial charge is 0.204 e. The molecule has 0 amide bonds. The predicted molar refractivity (Wildman–Crippen MR) is 91.1 cm³/mol. The molecular formula is C21H28F3. The van der Waals surface area contributed by atoms with Crippen LogP contribution >= 0.6 is 0 Å². The Kier molecular flexibility index (Phi) is 5.56. The fourth-order valence-electron chi connectivity index (χ4n) is 4.84. The molecule has 0 saturated heterocycles. The van der Waals surface area contributed by atoms with Crippen LogP contribution in [0.1, 0.15) is 76.7 Å². The van der Waals surface area contributed by atoms with E-state index in [1.54, 1.807) is 5.92 Å². The second kappa shape index (κ2) is 7.49. The van der Waals surface area contributed by atoms with E-state index in [0.29, 0.717) is 17.4 Å². The highest BCUT2D eigenvalue weighted by atomic mass is 19.2. The Balaban J connectivity index is 1.77. The lowest BCUT2D eigenvalue weighted by Crippen LogP contribution is -2.31. The Morgan fingerprint density at radius 1 is 0.958 bits per heavy atom. The molecule has 2 fully saturated rings. The molecule has 2 aliphatic rings. The fourth-order valence-corrected chi connectivity index (χ4v) is 4.84. The standard InChI is InChI=1S/C21H28F3/c1-3-14-8-9-16(17-11-19(22)21(24)20(23)12-17)10-18(14)15-6-4-13(2)5-7-15/h11-14,16,18H,3-10H2,1-2H3. The molecule has 0 aromatic heterocycles. The summed E-state index contributed by atoms with van der Waals surface area (Å²) in [5, 5.41) is 0. The SMILES string of the molecule is CCC1CCC(c2cc(F)c(F)c(F)c2)CC1[C]1CCC(C)CC1. The van der Waals surface area contributed by atoms with Gasteiger partial charge in [-0.1, -0.05) is 33.1 Å². The van der Waals surface area contributed by atoms with Gasteiger partial charge in [-0.25, -0.2) is 13.2 Å². The lowest BCUT2D eigenvalue weighted by molar-refractivity contribution is 0.190. The van der Waals surface area contributed by atoms with Crippen LogP contribution in [0.5, 0.6) is 0 Å². The molecule has 0 spiro atoms. The smallest absolute Gasteiger partial charge is 0.194 e. The molecule has 3 atom stereocenters. The van der Waals surface area contributed by atoms with Crippen molar-refractivity contribution in [2.24, 2.45) is 17.8 Å². The molecule has 24 heavy (non-hydrogen) atoms. The molecule has 0 N–H and O–H groups in total. The number of hydrogen-bond acceptors (Lipinski definition) is 0. The van der Waals surface area contributed by atoms with E-state index in [1.165, 1.54) is 44.2 Å². The van der Waals surface area contributed by atoms with Crippen molar-refractivity contribution in [3.63, 3.8) is 0 Å². The first-order valence-corrected chi connectivity index (χ1v) is 9.48. The molecule has 1 aromatic rings. The molecule has 2 saturated carbocycles. The molecule has 0 bridgehead atoms. The van der Waals surface area contributed by atoms with Gasteiger partial charge < -0.3 is 0 Å². The Morgan fingerprint density at radius 2 is 1.58 bits per heavy atom. The van der Waals surface area contributed by atoms with E-state index in [9.17, 15) is 13.2 Å². The lowest BCUT2D eigenvalue weighted by Gasteiger charge is -2.42. The summed E-state index contributed by atoms with van der Waals surface area (Å²) in [5.41, 5.74) is 0.635. The first kappa shape index (κ1) is 17.8. The molecule has 3 rings (SSSR count). The van der Waals surface area contributed by atoms with Gasteiger partial charge in [0.2, 0.25) is 0 Å². The van der Waals surface area contributed by atoms with Crippen molar-refractivity contribution in [2.45, 2.75) is 71.1 Å². The fraction of sp³-hybridized carbons (Fsp3) is 0.667. The quantitative estimate of drug-likeness (QED) is 0.532. The third-order valence-electron chi connectivity index (χ3n) is 6.44. The lowest BCUT2D eigenvalue weighted by atomic mass is 9.63. The third kappa shape index (κ3) is 3.65. The topological polar surface area (TPSA) is 0 Å². The highest BCUT2D eigenvalue weighted by Crippen LogP contribution is 2.49. The number of halogens is 3. The zero-order chi connectivity index (χ0) is 17.3. The summed E-state index contributed by atoms with van der Waals surface area (Å²) >= 11 is 0. The number of hydrogen-bond donors (Lipinski definition) is 0. The van der Waals surface area contributed by atoms with Gasteiger partial charge in [-0.15, -0.1) is 0 Å². The van der Waals surface area contributed by atoms with E-state index in [4.69, 9.17) is 0 Å². The summed E-state index contributed by atoms with van der Waals surface area (Å²) in [6, 6.07) is 2.42. The van der Waals surface area contributed by atoms with Crippen LogP contribution in [0, 0.1) is 41.1 Å². The first-order valence-electron chi connectivity index (χ1n) is 9.48. The molecule has 2 aliphatic carbocycles. The van der Waals surface area contributed by atoms with Crippen molar-refractivity contribution in [1.82, 2.24) is 0 Å². The predicted octanol–water partition coefficient (Wildman–Crippen LogP) is 6.80. The molecule has 0 heterocycles. The van der Waals surface area contributed by atoms with E-state index in [0.717, 1.165) is 25.2 Å². The van der Waals surface area contributed by atoms with Gasteiger partial charge in [0.1, 0.15) is 0 Å². The van der Waals surface area contributed by atoms with Crippen LogP contribution < -0.4 is 0 Å². The first-order chi connectivity index (χ1) is 11.5. The Hall–Kier alpha value is -0.990. The summed E-state index contributed by atoms with van der Waals surface area (Å²) < 4.78 is 40.5. The molecule has 3 heteroatoms. The monoisotopic (exact) mass is 337 g/mol. The number of rotatable bonds is 3. The van der Waals surface area contributed by atoms with Crippen LogP contribution in [-0.2, 0) is 0 Å². The van der Waals surface area contributed by atoms with Gasteiger partial charge in [0, 0.05) is 0 Å². The van der Waals surface area contributed by atoms with Crippen LogP contribution in [0.4, 0.5) is 13.2 Å². The highest BCUT2D eigenvalue weighted by molar-refractivity contribution is 5.24. The maximum absolute atomic E-state index is 13.6. The molecule has 133 valence electrons. The maximum Gasteiger partial charge on any atom is 0.194 e. The molecular weight excluding hydrogens is 309 g/mol. The van der Waals surface area contributed by atoms with Crippen molar-refractivity contribution in [1.29, 1.82) is 0 Å².